The lowest BCUT2D eigenvalue weighted by Gasteiger charge is -2.11. The highest BCUT2D eigenvalue weighted by Crippen LogP contribution is 2.32. The Hall–Kier alpha value is -1.95. The number of aromatic carboxylic acids is 1. The van der Waals surface area contributed by atoms with E-state index in [4.69, 9.17) is 9.84 Å². The lowest BCUT2D eigenvalue weighted by molar-refractivity contribution is 0.0695. The molecule has 0 bridgehead atoms. The van der Waals surface area contributed by atoms with Gasteiger partial charge < -0.3 is 9.84 Å². The summed E-state index contributed by atoms with van der Waals surface area (Å²) in [6, 6.07) is 4.70. The van der Waals surface area contributed by atoms with Crippen molar-refractivity contribution in [2.75, 3.05) is 0 Å². The van der Waals surface area contributed by atoms with E-state index < -0.39 is 28.9 Å². The Labute approximate surface area is 128 Å². The summed E-state index contributed by atoms with van der Waals surface area (Å²) in [5.74, 6) is -3.89. The lowest BCUT2D eigenvalue weighted by atomic mass is 10.1. The van der Waals surface area contributed by atoms with E-state index in [1.165, 1.54) is 0 Å². The maximum atomic E-state index is 13.8. The van der Waals surface area contributed by atoms with Crippen LogP contribution in [0.3, 0.4) is 0 Å². The van der Waals surface area contributed by atoms with Crippen molar-refractivity contribution in [3.05, 3.63) is 57.1 Å². The summed E-state index contributed by atoms with van der Waals surface area (Å²) in [6.07, 6.45) is 0. The molecule has 0 aliphatic carbocycles. The first-order chi connectivity index (χ1) is 9.79. The van der Waals surface area contributed by atoms with Gasteiger partial charge in [0.1, 0.15) is 5.75 Å². The zero-order valence-corrected chi connectivity index (χ0v) is 12.8. The van der Waals surface area contributed by atoms with Gasteiger partial charge in [-0.25, -0.2) is 13.6 Å². The van der Waals surface area contributed by atoms with Crippen LogP contribution in [0.25, 0.3) is 0 Å². The summed E-state index contributed by atoms with van der Waals surface area (Å²) in [4.78, 5) is 10.7. The van der Waals surface area contributed by atoms with Crippen LogP contribution in [0.1, 0.15) is 21.5 Å². The quantitative estimate of drug-likeness (QED) is 0.856. The second-order valence-electron chi connectivity index (χ2n) is 4.55. The maximum Gasteiger partial charge on any atom is 0.335 e. The van der Waals surface area contributed by atoms with Crippen molar-refractivity contribution in [3.63, 3.8) is 0 Å². The second-order valence-corrected chi connectivity index (χ2v) is 5.34. The van der Waals surface area contributed by atoms with Gasteiger partial charge >= 0.3 is 5.97 Å². The summed E-state index contributed by atoms with van der Waals surface area (Å²) in [7, 11) is 0. The molecule has 2 aromatic carbocycles. The number of carbonyl (C=O) groups is 1. The van der Waals surface area contributed by atoms with Crippen LogP contribution < -0.4 is 4.74 Å². The van der Waals surface area contributed by atoms with Gasteiger partial charge in [-0.1, -0.05) is 15.9 Å². The highest BCUT2D eigenvalue weighted by atomic mass is 79.9. The fourth-order valence-corrected chi connectivity index (χ4v) is 2.09. The molecule has 0 heterocycles. The van der Waals surface area contributed by atoms with Gasteiger partial charge in [0.2, 0.25) is 0 Å². The number of carboxylic acid groups (broad SMARTS) is 1. The number of ether oxygens (including phenoxy) is 1. The molecule has 0 aliphatic rings. The number of carboxylic acids is 1. The molecule has 2 aromatic rings. The molecule has 3 nitrogen and oxygen atoms in total. The minimum atomic E-state index is -1.41. The Kier molecular flexibility index (Phi) is 4.27. The summed E-state index contributed by atoms with van der Waals surface area (Å²) in [5, 5.41) is 8.74. The van der Waals surface area contributed by atoms with Gasteiger partial charge in [0.25, 0.3) is 0 Å². The second kappa shape index (κ2) is 5.81. The molecule has 1 N–H and O–H groups in total. The molecule has 110 valence electrons. The third kappa shape index (κ3) is 3.21. The number of hydrogen-bond donors (Lipinski definition) is 1. The highest BCUT2D eigenvalue weighted by molar-refractivity contribution is 9.10. The molecule has 0 radical (unpaired) electrons. The predicted octanol–water partition coefficient (Wildman–Crippen LogP) is 4.83. The summed E-state index contributed by atoms with van der Waals surface area (Å²) in [6.45, 7) is 3.65. The smallest absolute Gasteiger partial charge is 0.335 e. The first-order valence-electron chi connectivity index (χ1n) is 5.96. The third-order valence-corrected chi connectivity index (χ3v) is 4.13. The molecule has 2 rings (SSSR count). The molecular formula is C15H11BrF2O3. The van der Waals surface area contributed by atoms with Gasteiger partial charge in [0.05, 0.1) is 5.56 Å². The summed E-state index contributed by atoms with van der Waals surface area (Å²) >= 11 is 3.38. The molecule has 0 unspecified atom stereocenters. The number of rotatable bonds is 3. The first-order valence-corrected chi connectivity index (χ1v) is 6.76. The Morgan fingerprint density at radius 1 is 1.10 bits per heavy atom. The van der Waals surface area contributed by atoms with Crippen LogP contribution in [-0.2, 0) is 0 Å². The van der Waals surface area contributed by atoms with Crippen molar-refractivity contribution in [3.8, 4) is 11.5 Å². The van der Waals surface area contributed by atoms with E-state index in [1.807, 2.05) is 13.8 Å². The van der Waals surface area contributed by atoms with Gasteiger partial charge in [0.15, 0.2) is 17.4 Å². The molecule has 0 saturated heterocycles. The standard InChI is InChI=1S/C15H11BrF2O3/c1-7-3-10(4-8(2)13(7)16)21-14-11(17)5-9(15(19)20)6-12(14)18/h3-6H,1-2H3,(H,19,20). The van der Waals surface area contributed by atoms with Crippen molar-refractivity contribution in [1.29, 1.82) is 0 Å². The Bertz CT molecular complexity index is 683. The zero-order valence-electron chi connectivity index (χ0n) is 11.2. The van der Waals surface area contributed by atoms with Crippen molar-refractivity contribution in [2.45, 2.75) is 13.8 Å². The van der Waals surface area contributed by atoms with Crippen molar-refractivity contribution < 1.29 is 23.4 Å². The Morgan fingerprint density at radius 2 is 1.57 bits per heavy atom. The largest absolute Gasteiger partial charge is 0.478 e. The van der Waals surface area contributed by atoms with E-state index in [2.05, 4.69) is 15.9 Å². The molecule has 6 heteroatoms. The van der Waals surface area contributed by atoms with Gasteiger partial charge in [-0.15, -0.1) is 0 Å². The van der Waals surface area contributed by atoms with Crippen LogP contribution in [0.4, 0.5) is 8.78 Å². The normalized spacial score (nSPS) is 10.5. The topological polar surface area (TPSA) is 46.5 Å². The van der Waals surface area contributed by atoms with E-state index in [0.717, 1.165) is 27.7 Å². The number of halogens is 3. The number of aryl methyl sites for hydroxylation is 2. The molecule has 0 aliphatic heterocycles. The SMILES string of the molecule is Cc1cc(Oc2c(F)cc(C(=O)O)cc2F)cc(C)c1Br. The summed E-state index contributed by atoms with van der Waals surface area (Å²) in [5.41, 5.74) is 1.24. The molecule has 0 fully saturated rings. The Balaban J connectivity index is 2.43. The number of benzene rings is 2. The van der Waals surface area contributed by atoms with Crippen molar-refractivity contribution >= 4 is 21.9 Å². The van der Waals surface area contributed by atoms with Crippen molar-refractivity contribution in [1.82, 2.24) is 0 Å². The maximum absolute atomic E-state index is 13.8. The van der Waals surface area contributed by atoms with Crippen LogP contribution in [0.2, 0.25) is 0 Å². The van der Waals surface area contributed by atoms with Crippen LogP contribution in [0, 0.1) is 25.5 Å². The van der Waals surface area contributed by atoms with E-state index in [-0.39, 0.29) is 5.75 Å². The molecular weight excluding hydrogens is 346 g/mol. The first kappa shape index (κ1) is 15.4. The molecule has 0 atom stereocenters. The van der Waals surface area contributed by atoms with Crippen LogP contribution >= 0.6 is 15.9 Å². The molecule has 0 saturated carbocycles. The summed E-state index contributed by atoms with van der Waals surface area (Å²) < 4.78 is 33.7. The van der Waals surface area contributed by atoms with E-state index in [0.29, 0.717) is 0 Å². The zero-order chi connectivity index (χ0) is 15.7. The lowest BCUT2D eigenvalue weighted by Crippen LogP contribution is -2.01. The van der Waals surface area contributed by atoms with Crippen LogP contribution in [0.5, 0.6) is 11.5 Å². The van der Waals surface area contributed by atoms with Crippen molar-refractivity contribution in [2.24, 2.45) is 0 Å². The average molecular weight is 357 g/mol. The molecule has 21 heavy (non-hydrogen) atoms. The monoisotopic (exact) mass is 356 g/mol. The van der Waals surface area contributed by atoms with Gasteiger partial charge in [0, 0.05) is 4.47 Å². The van der Waals surface area contributed by atoms with E-state index in [9.17, 15) is 13.6 Å². The van der Waals surface area contributed by atoms with E-state index >= 15 is 0 Å². The minimum absolute atomic E-state index is 0.272. The van der Waals surface area contributed by atoms with Gasteiger partial charge in [-0.2, -0.15) is 0 Å². The molecule has 0 amide bonds. The Morgan fingerprint density at radius 3 is 2.00 bits per heavy atom. The molecule has 0 aromatic heterocycles. The fraction of sp³-hybridized carbons (Fsp3) is 0.133. The third-order valence-electron chi connectivity index (χ3n) is 2.88. The fourth-order valence-electron chi connectivity index (χ4n) is 1.86. The van der Waals surface area contributed by atoms with Gasteiger partial charge in [-0.05, 0) is 49.2 Å². The average Bonchev–Trinajstić information content (AvgIpc) is 2.39. The highest BCUT2D eigenvalue weighted by Gasteiger charge is 2.17. The van der Waals surface area contributed by atoms with Crippen LogP contribution in [-0.4, -0.2) is 11.1 Å². The molecule has 0 spiro atoms. The number of hydrogen-bond acceptors (Lipinski definition) is 2. The van der Waals surface area contributed by atoms with Crippen LogP contribution in [0.15, 0.2) is 28.7 Å². The minimum Gasteiger partial charge on any atom is -0.478 e. The van der Waals surface area contributed by atoms with Gasteiger partial charge in [-0.3, -0.25) is 0 Å². The predicted molar refractivity (Wildman–Crippen MR) is 77.0 cm³/mol. The van der Waals surface area contributed by atoms with E-state index in [1.54, 1.807) is 12.1 Å².